The number of hydrogen-bond acceptors (Lipinski definition) is 3. The molecule has 2 nitrogen and oxygen atoms in total. The lowest BCUT2D eigenvalue weighted by Gasteiger charge is -2.10. The SMILES string of the molecule is CCNC(C)CC(=O)Cc1ccsc1. The van der Waals surface area contributed by atoms with Crippen molar-refractivity contribution >= 4 is 17.1 Å². The highest BCUT2D eigenvalue weighted by Crippen LogP contribution is 2.08. The molecule has 0 spiro atoms. The van der Waals surface area contributed by atoms with Crippen LogP contribution >= 0.6 is 11.3 Å². The van der Waals surface area contributed by atoms with Crippen molar-refractivity contribution in [3.63, 3.8) is 0 Å². The van der Waals surface area contributed by atoms with Gasteiger partial charge in [-0.2, -0.15) is 11.3 Å². The van der Waals surface area contributed by atoms with Gasteiger partial charge in [0.15, 0.2) is 0 Å². The summed E-state index contributed by atoms with van der Waals surface area (Å²) in [5.74, 6) is 0.317. The summed E-state index contributed by atoms with van der Waals surface area (Å²) in [6, 6.07) is 2.31. The van der Waals surface area contributed by atoms with Gasteiger partial charge >= 0.3 is 0 Å². The average molecular weight is 211 g/mol. The predicted octanol–water partition coefficient (Wildman–Crippen LogP) is 2.25. The number of Topliss-reactive ketones (excluding diaryl/α,β-unsaturated/α-hetero) is 1. The van der Waals surface area contributed by atoms with Gasteiger partial charge in [0.1, 0.15) is 5.78 Å². The number of rotatable bonds is 6. The van der Waals surface area contributed by atoms with Crippen LogP contribution in [0.1, 0.15) is 25.8 Å². The molecule has 1 heterocycles. The Morgan fingerprint density at radius 1 is 1.64 bits per heavy atom. The Morgan fingerprint density at radius 3 is 3.00 bits per heavy atom. The summed E-state index contributed by atoms with van der Waals surface area (Å²) >= 11 is 1.64. The third-order valence-corrected chi connectivity index (χ3v) is 2.80. The molecule has 0 aliphatic carbocycles. The van der Waals surface area contributed by atoms with E-state index in [1.54, 1.807) is 11.3 Å². The van der Waals surface area contributed by atoms with E-state index in [-0.39, 0.29) is 0 Å². The third kappa shape index (κ3) is 4.03. The molecule has 0 fully saturated rings. The number of thiophene rings is 1. The second-order valence-corrected chi connectivity index (χ2v) is 4.29. The fourth-order valence-corrected chi connectivity index (χ4v) is 2.12. The number of ketones is 1. The van der Waals surface area contributed by atoms with Gasteiger partial charge in [-0.3, -0.25) is 4.79 Å². The highest BCUT2D eigenvalue weighted by molar-refractivity contribution is 7.07. The topological polar surface area (TPSA) is 29.1 Å². The van der Waals surface area contributed by atoms with Gasteiger partial charge in [-0.05, 0) is 35.9 Å². The highest BCUT2D eigenvalue weighted by Gasteiger charge is 2.08. The van der Waals surface area contributed by atoms with Crippen LogP contribution in [0.15, 0.2) is 16.8 Å². The Labute approximate surface area is 89.3 Å². The fourth-order valence-electron chi connectivity index (χ4n) is 1.46. The maximum atomic E-state index is 11.6. The van der Waals surface area contributed by atoms with Gasteiger partial charge in [0.25, 0.3) is 0 Å². The van der Waals surface area contributed by atoms with Gasteiger partial charge in [0.2, 0.25) is 0 Å². The van der Waals surface area contributed by atoms with Gasteiger partial charge in [0, 0.05) is 18.9 Å². The predicted molar refractivity (Wildman–Crippen MR) is 60.8 cm³/mol. The van der Waals surface area contributed by atoms with Crippen LogP contribution in [0.5, 0.6) is 0 Å². The molecule has 14 heavy (non-hydrogen) atoms. The Morgan fingerprint density at radius 2 is 2.43 bits per heavy atom. The van der Waals surface area contributed by atoms with Gasteiger partial charge in [0.05, 0.1) is 0 Å². The first-order chi connectivity index (χ1) is 6.72. The summed E-state index contributed by atoms with van der Waals surface area (Å²) in [7, 11) is 0. The van der Waals surface area contributed by atoms with Crippen LogP contribution in [-0.4, -0.2) is 18.4 Å². The minimum Gasteiger partial charge on any atom is -0.314 e. The van der Waals surface area contributed by atoms with Crippen molar-refractivity contribution in [3.05, 3.63) is 22.4 Å². The molecular weight excluding hydrogens is 194 g/mol. The lowest BCUT2D eigenvalue weighted by atomic mass is 10.1. The Hall–Kier alpha value is -0.670. The molecule has 1 N–H and O–H groups in total. The van der Waals surface area contributed by atoms with E-state index in [1.165, 1.54) is 0 Å². The average Bonchev–Trinajstić information content (AvgIpc) is 2.56. The van der Waals surface area contributed by atoms with Crippen LogP contribution in [0.2, 0.25) is 0 Å². The lowest BCUT2D eigenvalue weighted by molar-refractivity contribution is -0.118. The van der Waals surface area contributed by atoms with Crippen LogP contribution in [0.3, 0.4) is 0 Å². The first kappa shape index (κ1) is 11.4. The van der Waals surface area contributed by atoms with Crippen LogP contribution in [0.25, 0.3) is 0 Å². The van der Waals surface area contributed by atoms with E-state index in [0.29, 0.717) is 24.7 Å². The van der Waals surface area contributed by atoms with E-state index in [4.69, 9.17) is 0 Å². The summed E-state index contributed by atoms with van der Waals surface area (Å²) in [5.41, 5.74) is 1.14. The second-order valence-electron chi connectivity index (χ2n) is 3.51. The van der Waals surface area contributed by atoms with Crippen molar-refractivity contribution in [1.82, 2.24) is 5.32 Å². The summed E-state index contributed by atoms with van der Waals surface area (Å²) < 4.78 is 0. The minimum atomic E-state index is 0.297. The molecule has 0 aliphatic rings. The Kier molecular flexibility index (Phi) is 4.84. The first-order valence-electron chi connectivity index (χ1n) is 4.98. The van der Waals surface area contributed by atoms with E-state index in [9.17, 15) is 4.79 Å². The molecule has 0 aromatic carbocycles. The summed E-state index contributed by atoms with van der Waals surface area (Å²) in [5, 5.41) is 7.29. The lowest BCUT2D eigenvalue weighted by Crippen LogP contribution is -2.28. The maximum absolute atomic E-state index is 11.6. The van der Waals surface area contributed by atoms with Gasteiger partial charge in [-0.15, -0.1) is 0 Å². The fraction of sp³-hybridized carbons (Fsp3) is 0.545. The molecule has 3 heteroatoms. The summed E-state index contributed by atoms with van der Waals surface area (Å²) in [4.78, 5) is 11.6. The zero-order valence-electron chi connectivity index (χ0n) is 8.75. The molecule has 1 atom stereocenters. The Bertz CT molecular complexity index is 269. The van der Waals surface area contributed by atoms with Gasteiger partial charge < -0.3 is 5.32 Å². The monoisotopic (exact) mass is 211 g/mol. The quantitative estimate of drug-likeness (QED) is 0.782. The number of nitrogens with one attached hydrogen (secondary N) is 1. The normalized spacial score (nSPS) is 12.7. The molecule has 0 saturated carbocycles. The van der Waals surface area contributed by atoms with Crippen molar-refractivity contribution in [2.75, 3.05) is 6.54 Å². The summed E-state index contributed by atoms with van der Waals surface area (Å²) in [6.45, 7) is 5.03. The molecule has 0 amide bonds. The highest BCUT2D eigenvalue weighted by atomic mass is 32.1. The molecule has 0 aliphatic heterocycles. The van der Waals surface area contributed by atoms with E-state index in [0.717, 1.165) is 12.1 Å². The maximum Gasteiger partial charge on any atom is 0.138 e. The van der Waals surface area contributed by atoms with Crippen molar-refractivity contribution in [1.29, 1.82) is 0 Å². The molecule has 0 radical (unpaired) electrons. The smallest absolute Gasteiger partial charge is 0.138 e. The van der Waals surface area contributed by atoms with E-state index < -0.39 is 0 Å². The molecule has 1 unspecified atom stereocenters. The molecule has 1 aromatic heterocycles. The van der Waals surface area contributed by atoms with Crippen LogP contribution in [0, 0.1) is 0 Å². The van der Waals surface area contributed by atoms with Gasteiger partial charge in [-0.25, -0.2) is 0 Å². The van der Waals surface area contributed by atoms with E-state index in [2.05, 4.69) is 19.2 Å². The molecule has 0 bridgehead atoms. The van der Waals surface area contributed by atoms with Crippen molar-refractivity contribution in [3.8, 4) is 0 Å². The largest absolute Gasteiger partial charge is 0.314 e. The first-order valence-corrected chi connectivity index (χ1v) is 5.92. The zero-order chi connectivity index (χ0) is 10.4. The number of carbonyl (C=O) groups excluding carboxylic acids is 1. The molecular formula is C11H17NOS. The third-order valence-electron chi connectivity index (χ3n) is 2.07. The van der Waals surface area contributed by atoms with Crippen LogP contribution in [0.4, 0.5) is 0 Å². The van der Waals surface area contributed by atoms with Crippen LogP contribution < -0.4 is 5.32 Å². The number of hydrogen-bond donors (Lipinski definition) is 1. The van der Waals surface area contributed by atoms with E-state index in [1.807, 2.05) is 16.8 Å². The van der Waals surface area contributed by atoms with Crippen molar-refractivity contribution in [2.24, 2.45) is 0 Å². The summed E-state index contributed by atoms with van der Waals surface area (Å²) in [6.07, 6.45) is 1.21. The Balaban J connectivity index is 2.29. The molecule has 1 aromatic rings. The molecule has 1 rings (SSSR count). The zero-order valence-corrected chi connectivity index (χ0v) is 9.56. The standard InChI is InChI=1S/C11H17NOS/c1-3-12-9(2)6-11(13)7-10-4-5-14-8-10/h4-5,8-9,12H,3,6-7H2,1-2H3. The van der Waals surface area contributed by atoms with Crippen molar-refractivity contribution in [2.45, 2.75) is 32.7 Å². The van der Waals surface area contributed by atoms with Crippen LogP contribution in [-0.2, 0) is 11.2 Å². The number of carbonyl (C=O) groups is 1. The van der Waals surface area contributed by atoms with Gasteiger partial charge in [-0.1, -0.05) is 6.92 Å². The molecule has 78 valence electrons. The second kappa shape index (κ2) is 5.94. The van der Waals surface area contributed by atoms with Crippen molar-refractivity contribution < 1.29 is 4.79 Å². The minimum absolute atomic E-state index is 0.297. The molecule has 0 saturated heterocycles. The van der Waals surface area contributed by atoms with E-state index >= 15 is 0 Å².